The first-order chi connectivity index (χ1) is 25.1. The van der Waals surface area contributed by atoms with Crippen molar-refractivity contribution in [2.45, 2.75) is 18.1 Å². The summed E-state index contributed by atoms with van der Waals surface area (Å²) in [5, 5.41) is 25.6. The van der Waals surface area contributed by atoms with E-state index in [4.69, 9.17) is 17.2 Å². The lowest BCUT2D eigenvalue weighted by molar-refractivity contribution is 0.126. The molecule has 0 spiro atoms. The van der Waals surface area contributed by atoms with Crippen molar-refractivity contribution < 1.29 is 10.2 Å². The van der Waals surface area contributed by atoms with Gasteiger partial charge in [0.05, 0.1) is 0 Å². The van der Waals surface area contributed by atoms with Crippen LogP contribution in [0.1, 0.15) is 38.9 Å². The van der Waals surface area contributed by atoms with Crippen LogP contribution in [0.2, 0.25) is 0 Å². The summed E-state index contributed by atoms with van der Waals surface area (Å²) in [7, 11) is 0. The first-order valence-corrected chi connectivity index (χ1v) is 18.6. The first kappa shape index (κ1) is 33.4. The van der Waals surface area contributed by atoms with Crippen LogP contribution in [0, 0.1) is 6.92 Å². The lowest BCUT2D eigenvalue weighted by Crippen LogP contribution is -2.29. The van der Waals surface area contributed by atoms with E-state index in [0.717, 1.165) is 58.1 Å². The normalized spacial score (nSPS) is 12.9. The third-order valence-electron chi connectivity index (χ3n) is 9.83. The molecule has 0 aliphatic heterocycles. The maximum Gasteiger partial charge on any atom is 0.141 e. The highest BCUT2D eigenvalue weighted by Gasteiger charge is 2.38. The summed E-state index contributed by atoms with van der Waals surface area (Å²) in [5.41, 5.74) is 24.7. The number of nitrogen functional groups attached to an aromatic ring is 3. The second-order valence-corrected chi connectivity index (χ2v) is 15.4. The van der Waals surface area contributed by atoms with E-state index in [9.17, 15) is 10.2 Å². The number of anilines is 3. The summed E-state index contributed by atoms with van der Waals surface area (Å²) in [4.78, 5) is 2.09. The summed E-state index contributed by atoms with van der Waals surface area (Å²) >= 11 is 3.37. The Kier molecular flexibility index (Phi) is 8.44. The molecule has 0 aliphatic carbocycles. The summed E-state index contributed by atoms with van der Waals surface area (Å²) in [5.74, 6) is 0. The number of aliphatic hydroxyl groups is 2. The highest BCUT2D eigenvalue weighted by molar-refractivity contribution is 7.31. The first-order valence-electron chi connectivity index (χ1n) is 17.0. The van der Waals surface area contributed by atoms with E-state index in [1.165, 1.54) is 0 Å². The lowest BCUT2D eigenvalue weighted by atomic mass is 9.78. The van der Waals surface area contributed by atoms with Gasteiger partial charge in [0.25, 0.3) is 0 Å². The SMILES string of the molecule is Cc1ccc(C(O)(c2ccc(N)cc2)c2ccccc2-c2cc3sc(-c4ccccc4C(O)(c4ccc(N)cc4)c4ccc(N)cc4)cc3s2)cc1. The number of nitrogens with two attached hydrogens (primary N) is 3. The molecule has 1 atom stereocenters. The molecule has 6 aromatic carbocycles. The van der Waals surface area contributed by atoms with Gasteiger partial charge in [-0.1, -0.05) is 115 Å². The zero-order valence-electron chi connectivity index (χ0n) is 28.5. The van der Waals surface area contributed by atoms with E-state index in [1.807, 2.05) is 140 Å². The predicted molar refractivity (Wildman–Crippen MR) is 219 cm³/mol. The van der Waals surface area contributed by atoms with Crippen LogP contribution in [0.4, 0.5) is 17.1 Å². The molecule has 7 heteroatoms. The van der Waals surface area contributed by atoms with Gasteiger partial charge in [-0.25, -0.2) is 0 Å². The van der Waals surface area contributed by atoms with Crippen LogP contribution in [-0.2, 0) is 11.2 Å². The summed E-state index contributed by atoms with van der Waals surface area (Å²) in [6.07, 6.45) is 0. The number of fused-ring (bicyclic) bond motifs is 1. The average Bonchev–Trinajstić information content (AvgIpc) is 3.76. The van der Waals surface area contributed by atoms with Crippen molar-refractivity contribution >= 4 is 49.1 Å². The quantitative estimate of drug-likeness (QED) is 0.0793. The Morgan fingerprint density at radius 2 is 0.731 bits per heavy atom. The molecule has 0 amide bonds. The molecular weight excluding hydrogens is 679 g/mol. The Bertz CT molecular complexity index is 2220. The molecule has 1 unspecified atom stereocenters. The fourth-order valence-corrected chi connectivity index (χ4v) is 9.53. The van der Waals surface area contributed by atoms with Crippen LogP contribution in [0.5, 0.6) is 0 Å². The fraction of sp³-hybridized carbons (Fsp3) is 0.0667. The molecule has 8 N–H and O–H groups in total. The average molecular weight is 716 g/mol. The van der Waals surface area contributed by atoms with Crippen LogP contribution in [0.25, 0.3) is 30.3 Å². The zero-order chi connectivity index (χ0) is 36.0. The molecule has 0 saturated heterocycles. The second kappa shape index (κ2) is 13.1. The smallest absolute Gasteiger partial charge is 0.141 e. The van der Waals surface area contributed by atoms with Gasteiger partial charge in [-0.05, 0) is 88.8 Å². The van der Waals surface area contributed by atoms with Crippen molar-refractivity contribution in [3.05, 3.63) is 197 Å². The number of benzene rings is 6. The summed E-state index contributed by atoms with van der Waals surface area (Å²) < 4.78 is 2.24. The molecule has 2 heterocycles. The van der Waals surface area contributed by atoms with Crippen LogP contribution in [-0.4, -0.2) is 10.2 Å². The topological polar surface area (TPSA) is 119 Å². The monoisotopic (exact) mass is 715 g/mol. The minimum Gasteiger partial charge on any atom is -0.399 e. The Balaban J connectivity index is 1.24. The van der Waals surface area contributed by atoms with Gasteiger partial charge >= 0.3 is 0 Å². The van der Waals surface area contributed by atoms with Gasteiger partial charge in [0.2, 0.25) is 0 Å². The van der Waals surface area contributed by atoms with Gasteiger partial charge in [0.1, 0.15) is 11.2 Å². The summed E-state index contributed by atoms with van der Waals surface area (Å²) in [6.45, 7) is 2.04. The van der Waals surface area contributed by atoms with Gasteiger partial charge in [0.15, 0.2) is 0 Å². The van der Waals surface area contributed by atoms with Crippen molar-refractivity contribution in [2.75, 3.05) is 17.2 Å². The van der Waals surface area contributed by atoms with E-state index in [-0.39, 0.29) is 0 Å². The van der Waals surface area contributed by atoms with Crippen molar-refractivity contribution in [3.63, 3.8) is 0 Å². The Morgan fingerprint density at radius 1 is 0.423 bits per heavy atom. The van der Waals surface area contributed by atoms with E-state index >= 15 is 0 Å². The number of aryl methyl sites for hydroxylation is 1. The van der Waals surface area contributed by atoms with Crippen molar-refractivity contribution in [2.24, 2.45) is 0 Å². The third kappa shape index (κ3) is 5.74. The van der Waals surface area contributed by atoms with Crippen LogP contribution >= 0.6 is 22.7 Å². The summed E-state index contributed by atoms with van der Waals surface area (Å²) in [6, 6.07) is 50.8. The maximum absolute atomic E-state index is 12.8. The van der Waals surface area contributed by atoms with E-state index in [0.29, 0.717) is 28.2 Å². The minimum atomic E-state index is -1.47. The van der Waals surface area contributed by atoms with E-state index < -0.39 is 11.2 Å². The lowest BCUT2D eigenvalue weighted by Gasteiger charge is -2.32. The van der Waals surface area contributed by atoms with Crippen molar-refractivity contribution in [1.29, 1.82) is 0 Å². The fourth-order valence-electron chi connectivity index (χ4n) is 7.05. The molecular formula is C45H37N3O2S2. The number of rotatable bonds is 8. The standard InChI is InChI=1S/C45H37N3O2S2/c1-28-10-12-29(13-11-28)44(49,30-14-20-33(46)21-15-30)38-8-4-2-6-36(38)40-26-42-43(51-40)27-41(52-42)37-7-3-5-9-39(37)45(50,31-16-22-34(47)23-17-31)32-18-24-35(48)25-19-32/h2-27,49-50H,46-48H2,1H3. The Labute approximate surface area is 310 Å². The van der Waals surface area contributed by atoms with Gasteiger partial charge in [-0.15, -0.1) is 22.7 Å². The van der Waals surface area contributed by atoms with Crippen LogP contribution in [0.3, 0.4) is 0 Å². The molecule has 8 rings (SSSR count). The zero-order valence-corrected chi connectivity index (χ0v) is 30.1. The molecule has 0 radical (unpaired) electrons. The molecule has 52 heavy (non-hydrogen) atoms. The largest absolute Gasteiger partial charge is 0.399 e. The minimum absolute atomic E-state index is 0.623. The van der Waals surface area contributed by atoms with E-state index in [2.05, 4.69) is 24.3 Å². The molecule has 256 valence electrons. The van der Waals surface area contributed by atoms with Crippen molar-refractivity contribution in [3.8, 4) is 20.9 Å². The second-order valence-electron chi connectivity index (χ2n) is 13.2. The number of hydrogen-bond acceptors (Lipinski definition) is 7. The molecule has 0 aliphatic rings. The van der Waals surface area contributed by atoms with Gasteiger partial charge in [0, 0.05) is 47.3 Å². The maximum atomic E-state index is 12.8. The molecule has 5 nitrogen and oxygen atoms in total. The molecule has 2 aromatic heterocycles. The van der Waals surface area contributed by atoms with E-state index in [1.54, 1.807) is 22.7 Å². The number of thiophene rings is 2. The highest BCUT2D eigenvalue weighted by atomic mass is 32.1. The third-order valence-corrected chi connectivity index (χ3v) is 12.2. The molecule has 0 bridgehead atoms. The van der Waals surface area contributed by atoms with Gasteiger partial charge in [-0.3, -0.25) is 0 Å². The Hall–Kier alpha value is -5.70. The van der Waals surface area contributed by atoms with Crippen LogP contribution in [0.15, 0.2) is 158 Å². The van der Waals surface area contributed by atoms with Gasteiger partial charge < -0.3 is 27.4 Å². The number of hydrogen-bond donors (Lipinski definition) is 5. The Morgan fingerprint density at radius 3 is 1.08 bits per heavy atom. The predicted octanol–water partition coefficient (Wildman–Crippen LogP) is 9.92. The van der Waals surface area contributed by atoms with Gasteiger partial charge in [-0.2, -0.15) is 0 Å². The van der Waals surface area contributed by atoms with Crippen LogP contribution < -0.4 is 17.2 Å². The highest BCUT2D eigenvalue weighted by Crippen LogP contribution is 2.49. The molecule has 8 aromatic rings. The molecule has 0 fully saturated rings. The molecule has 0 saturated carbocycles. The van der Waals surface area contributed by atoms with Crippen molar-refractivity contribution in [1.82, 2.24) is 0 Å².